The van der Waals surface area contributed by atoms with Crippen molar-refractivity contribution in [3.8, 4) is 0 Å². The van der Waals surface area contributed by atoms with Gasteiger partial charge < -0.3 is 5.32 Å². The second kappa shape index (κ2) is 5.72. The third kappa shape index (κ3) is 3.51. The monoisotopic (exact) mass is 327 g/mol. The lowest BCUT2D eigenvalue weighted by molar-refractivity contribution is -0.392. The molecule has 0 saturated carbocycles. The highest BCUT2D eigenvalue weighted by Crippen LogP contribution is 2.47. The third-order valence-electron chi connectivity index (χ3n) is 2.34. The minimum absolute atomic E-state index is 0.181. The van der Waals surface area contributed by atoms with Crippen LogP contribution in [-0.4, -0.2) is 15.9 Å². The number of nitrogens with zero attached hydrogens (tertiary/aromatic N) is 2. The quantitative estimate of drug-likeness (QED) is 0.665. The number of benzene rings is 1. The maximum atomic E-state index is 12.8. The summed E-state index contributed by atoms with van der Waals surface area (Å²) < 4.78 is 38.3. The minimum atomic E-state index is -5.05. The lowest BCUT2D eigenvalue weighted by atomic mass is 10.1. The van der Waals surface area contributed by atoms with Gasteiger partial charge in [0.15, 0.2) is 5.69 Å². The number of nitro groups is 2. The van der Waals surface area contributed by atoms with E-state index in [1.807, 2.05) is 0 Å². The van der Waals surface area contributed by atoms with Crippen LogP contribution in [0.5, 0.6) is 0 Å². The van der Waals surface area contributed by atoms with E-state index in [-0.39, 0.29) is 6.07 Å². The fraction of sp³-hybridized carbons (Fsp3) is 0.400. The molecular weight excluding hydrogens is 319 g/mol. The van der Waals surface area contributed by atoms with E-state index in [4.69, 9.17) is 11.6 Å². The number of alkyl halides is 3. The molecule has 0 aliphatic heterocycles. The number of nitro benzene ring substituents is 2. The minimum Gasteiger partial charge on any atom is -0.372 e. The van der Waals surface area contributed by atoms with E-state index in [9.17, 15) is 33.4 Å². The van der Waals surface area contributed by atoms with Crippen molar-refractivity contribution < 1.29 is 23.0 Å². The average molecular weight is 328 g/mol. The van der Waals surface area contributed by atoms with Gasteiger partial charge in [-0.25, -0.2) is 0 Å². The zero-order chi connectivity index (χ0) is 16.5. The lowest BCUT2D eigenvalue weighted by Crippen LogP contribution is -2.16. The van der Waals surface area contributed by atoms with Gasteiger partial charge in [0, 0.05) is 12.1 Å². The Balaban J connectivity index is 3.81. The molecule has 0 unspecified atom stereocenters. The van der Waals surface area contributed by atoms with E-state index in [0.29, 0.717) is 0 Å². The molecule has 21 heavy (non-hydrogen) atoms. The molecule has 7 nitrogen and oxygen atoms in total. The number of hydrogen-bond donors (Lipinski definition) is 1. The van der Waals surface area contributed by atoms with Crippen LogP contribution in [0.25, 0.3) is 0 Å². The molecule has 116 valence electrons. The second-order valence-electron chi connectivity index (χ2n) is 4.29. The van der Waals surface area contributed by atoms with Crippen molar-refractivity contribution in [3.05, 3.63) is 36.9 Å². The van der Waals surface area contributed by atoms with Crippen LogP contribution in [0, 0.1) is 20.2 Å². The highest BCUT2D eigenvalue weighted by atomic mass is 35.5. The van der Waals surface area contributed by atoms with Gasteiger partial charge in [0.25, 0.3) is 5.69 Å². The van der Waals surface area contributed by atoms with Crippen molar-refractivity contribution in [2.24, 2.45) is 0 Å². The maximum absolute atomic E-state index is 12.8. The molecule has 0 aromatic heterocycles. The summed E-state index contributed by atoms with van der Waals surface area (Å²) in [5.41, 5.74) is -4.52. The van der Waals surface area contributed by atoms with Crippen LogP contribution in [0.1, 0.15) is 19.4 Å². The van der Waals surface area contributed by atoms with Crippen LogP contribution < -0.4 is 5.32 Å². The van der Waals surface area contributed by atoms with Gasteiger partial charge in [-0.2, -0.15) is 13.2 Å². The Hall–Kier alpha value is -2.10. The van der Waals surface area contributed by atoms with Crippen molar-refractivity contribution in [2.75, 3.05) is 5.32 Å². The van der Waals surface area contributed by atoms with Gasteiger partial charge >= 0.3 is 11.9 Å². The molecule has 0 bridgehead atoms. The Morgan fingerprint density at radius 2 is 1.76 bits per heavy atom. The summed E-state index contributed by atoms with van der Waals surface area (Å²) in [5, 5.41) is 23.1. The predicted molar refractivity (Wildman–Crippen MR) is 68.5 cm³/mol. The molecule has 0 saturated heterocycles. The van der Waals surface area contributed by atoms with Crippen LogP contribution in [-0.2, 0) is 6.18 Å². The standard InChI is InChI=1S/C10H9ClF3N3O4/c1-4(2)15-8-6(16(18)19)3-5(10(12,13)14)7(11)9(8)17(20)21/h3-4,15H,1-2H3. The summed E-state index contributed by atoms with van der Waals surface area (Å²) in [6, 6.07) is -0.310. The van der Waals surface area contributed by atoms with Crippen molar-refractivity contribution in [2.45, 2.75) is 26.1 Å². The first-order valence-corrected chi connectivity index (χ1v) is 5.83. The van der Waals surface area contributed by atoms with E-state index >= 15 is 0 Å². The summed E-state index contributed by atoms with van der Waals surface area (Å²) in [7, 11) is 0. The summed E-state index contributed by atoms with van der Waals surface area (Å²) >= 11 is 5.43. The Bertz CT molecular complexity index is 604. The van der Waals surface area contributed by atoms with Gasteiger partial charge in [0.1, 0.15) is 5.02 Å². The topological polar surface area (TPSA) is 98.3 Å². The van der Waals surface area contributed by atoms with E-state index in [2.05, 4.69) is 5.32 Å². The first-order valence-electron chi connectivity index (χ1n) is 5.45. The Morgan fingerprint density at radius 1 is 1.24 bits per heavy atom. The molecule has 0 aliphatic carbocycles. The fourth-order valence-electron chi connectivity index (χ4n) is 1.58. The molecule has 0 radical (unpaired) electrons. The first kappa shape index (κ1) is 17.0. The number of rotatable bonds is 4. The number of hydrogen-bond acceptors (Lipinski definition) is 5. The van der Waals surface area contributed by atoms with Crippen molar-refractivity contribution in [1.82, 2.24) is 0 Å². The molecule has 1 rings (SSSR count). The highest BCUT2D eigenvalue weighted by Gasteiger charge is 2.42. The van der Waals surface area contributed by atoms with Crippen LogP contribution >= 0.6 is 11.6 Å². The first-order chi connectivity index (χ1) is 9.46. The number of nitrogens with one attached hydrogen (secondary N) is 1. The van der Waals surface area contributed by atoms with E-state index in [1.165, 1.54) is 13.8 Å². The smallest absolute Gasteiger partial charge is 0.372 e. The third-order valence-corrected chi connectivity index (χ3v) is 2.72. The molecule has 0 heterocycles. The van der Waals surface area contributed by atoms with Crippen LogP contribution in [0.4, 0.5) is 30.2 Å². The molecule has 0 aliphatic rings. The van der Waals surface area contributed by atoms with Crippen molar-refractivity contribution >= 4 is 28.7 Å². The highest BCUT2D eigenvalue weighted by molar-refractivity contribution is 6.34. The lowest BCUT2D eigenvalue weighted by Gasteiger charge is -2.15. The van der Waals surface area contributed by atoms with Crippen LogP contribution in [0.2, 0.25) is 5.02 Å². The van der Waals surface area contributed by atoms with Crippen LogP contribution in [0.15, 0.2) is 6.07 Å². The van der Waals surface area contributed by atoms with Gasteiger partial charge in [0.2, 0.25) is 0 Å². The Kier molecular flexibility index (Phi) is 4.62. The molecule has 0 amide bonds. The summed E-state index contributed by atoms with van der Waals surface area (Å²) in [6.07, 6.45) is -5.05. The van der Waals surface area contributed by atoms with E-state index in [1.54, 1.807) is 0 Å². The average Bonchev–Trinajstić information content (AvgIpc) is 2.25. The molecule has 1 aromatic rings. The second-order valence-corrected chi connectivity index (χ2v) is 4.67. The number of anilines is 1. The van der Waals surface area contributed by atoms with Crippen LogP contribution in [0.3, 0.4) is 0 Å². The molecule has 0 spiro atoms. The molecular formula is C10H9ClF3N3O4. The Morgan fingerprint density at radius 3 is 2.10 bits per heavy atom. The summed E-state index contributed by atoms with van der Waals surface area (Å²) in [5.74, 6) is 0. The predicted octanol–water partition coefficient (Wildman–Crippen LogP) is 4.00. The maximum Gasteiger partial charge on any atom is 0.418 e. The SMILES string of the molecule is CC(C)Nc1c([N+](=O)[O-])cc(C(F)(F)F)c(Cl)c1[N+](=O)[O-]. The molecule has 0 fully saturated rings. The van der Waals surface area contributed by atoms with Gasteiger partial charge in [-0.3, -0.25) is 20.2 Å². The largest absolute Gasteiger partial charge is 0.418 e. The zero-order valence-corrected chi connectivity index (χ0v) is 11.4. The molecule has 11 heteroatoms. The van der Waals surface area contributed by atoms with Gasteiger partial charge in [-0.05, 0) is 13.8 Å². The molecule has 1 aromatic carbocycles. The van der Waals surface area contributed by atoms with Gasteiger partial charge in [-0.15, -0.1) is 0 Å². The van der Waals surface area contributed by atoms with E-state index < -0.39 is 49.7 Å². The molecule has 1 N–H and O–H groups in total. The molecule has 0 atom stereocenters. The summed E-state index contributed by atoms with van der Waals surface area (Å²) in [4.78, 5) is 19.5. The van der Waals surface area contributed by atoms with Crippen molar-refractivity contribution in [3.63, 3.8) is 0 Å². The van der Waals surface area contributed by atoms with E-state index in [0.717, 1.165) is 0 Å². The fourth-order valence-corrected chi connectivity index (χ4v) is 1.91. The van der Waals surface area contributed by atoms with Gasteiger partial charge in [-0.1, -0.05) is 11.6 Å². The number of halogens is 4. The van der Waals surface area contributed by atoms with Crippen molar-refractivity contribution in [1.29, 1.82) is 0 Å². The van der Waals surface area contributed by atoms with Gasteiger partial charge in [0.05, 0.1) is 15.4 Å². The summed E-state index contributed by atoms with van der Waals surface area (Å²) in [6.45, 7) is 3.03. The zero-order valence-electron chi connectivity index (χ0n) is 10.7. The normalized spacial score (nSPS) is 11.6. The Labute approximate surface area is 121 Å².